The number of carbonyl (C=O) groups is 6. The molecule has 0 fully saturated rings. The van der Waals surface area contributed by atoms with Crippen molar-refractivity contribution in [3.8, 4) is 0 Å². The van der Waals surface area contributed by atoms with Crippen LogP contribution in [-0.2, 0) is 28.7 Å². The van der Waals surface area contributed by atoms with Gasteiger partial charge in [0.05, 0.1) is 38.1 Å². The first-order valence-electron chi connectivity index (χ1n) is 7.35. The number of rotatable bonds is 8. The fourth-order valence-corrected chi connectivity index (χ4v) is 2.66. The van der Waals surface area contributed by atoms with E-state index >= 15 is 0 Å². The van der Waals surface area contributed by atoms with Crippen LogP contribution >= 0.6 is 22.7 Å². The lowest BCUT2D eigenvalue weighted by Crippen LogP contribution is -2.19. The Morgan fingerprint density at radius 1 is 0.750 bits per heavy atom. The molecule has 0 amide bonds. The Balaban J connectivity index is 0.000000280. The molecule has 0 saturated heterocycles. The molecule has 148 valence electrons. The number of Topliss-reactive ketones (excluding diaryl/α,β-unsaturated/α-hetero) is 4. The lowest BCUT2D eigenvalue weighted by Gasteiger charge is -1.95. The van der Waals surface area contributed by atoms with E-state index < -0.39 is 47.9 Å². The zero-order chi connectivity index (χ0) is 21.1. The van der Waals surface area contributed by atoms with E-state index in [4.69, 9.17) is 0 Å². The normalized spacial score (nSPS) is 9.50. The van der Waals surface area contributed by atoms with E-state index in [1.54, 1.807) is 0 Å². The first-order valence-corrected chi connectivity index (χ1v) is 9.23. The minimum atomic E-state index is -1.01. The van der Waals surface area contributed by atoms with Crippen molar-refractivity contribution in [2.45, 2.75) is 12.8 Å². The number of hydrogen-bond acceptors (Lipinski definition) is 12. The molecule has 0 aromatic carbocycles. The van der Waals surface area contributed by atoms with Gasteiger partial charge < -0.3 is 9.47 Å². The highest BCUT2D eigenvalue weighted by Crippen LogP contribution is 2.05. The van der Waals surface area contributed by atoms with Crippen molar-refractivity contribution in [2.75, 3.05) is 14.2 Å². The standard InChI is InChI=1S/2C8H7NO4S/c2*1-13-8(12)7(11)2-6(10)5-3-14-4-9-5/h2*3-4H,2H2,1H3. The van der Waals surface area contributed by atoms with Crippen molar-refractivity contribution < 1.29 is 38.2 Å². The minimum absolute atomic E-state index is 0.201. The number of hydrogen-bond donors (Lipinski definition) is 0. The molecular weight excluding hydrogens is 412 g/mol. The second-order valence-corrected chi connectivity index (χ2v) is 6.21. The molecule has 0 aliphatic carbocycles. The number of thiazole rings is 2. The Bertz CT molecular complexity index is 787. The summed E-state index contributed by atoms with van der Waals surface area (Å²) in [6, 6.07) is 0. The molecule has 2 aromatic heterocycles. The molecule has 2 aromatic rings. The summed E-state index contributed by atoms with van der Waals surface area (Å²) in [6.07, 6.45) is -0.979. The minimum Gasteiger partial charge on any atom is -0.463 e. The zero-order valence-corrected chi connectivity index (χ0v) is 16.3. The molecule has 2 rings (SSSR count). The topological polar surface area (TPSA) is 147 Å². The van der Waals surface area contributed by atoms with Gasteiger partial charge in [-0.05, 0) is 0 Å². The highest BCUT2D eigenvalue weighted by molar-refractivity contribution is 7.08. The Labute approximate surface area is 166 Å². The molecule has 0 spiro atoms. The van der Waals surface area contributed by atoms with Crippen molar-refractivity contribution in [1.29, 1.82) is 0 Å². The SMILES string of the molecule is COC(=O)C(=O)CC(=O)c1cscn1.COC(=O)C(=O)CC(=O)c1cscn1. The Morgan fingerprint density at radius 2 is 1.11 bits per heavy atom. The summed E-state index contributed by atoms with van der Waals surface area (Å²) in [7, 11) is 2.18. The van der Waals surface area contributed by atoms with Gasteiger partial charge in [-0.2, -0.15) is 0 Å². The first-order chi connectivity index (χ1) is 13.3. The third-order valence-electron chi connectivity index (χ3n) is 2.90. The Morgan fingerprint density at radius 3 is 1.36 bits per heavy atom. The smallest absolute Gasteiger partial charge is 0.374 e. The molecule has 2 heterocycles. The van der Waals surface area contributed by atoms with Gasteiger partial charge in [-0.15, -0.1) is 22.7 Å². The number of ether oxygens (including phenoxy) is 2. The number of carbonyl (C=O) groups excluding carboxylic acids is 6. The highest BCUT2D eigenvalue weighted by atomic mass is 32.1. The molecule has 0 aliphatic heterocycles. The second kappa shape index (κ2) is 11.6. The molecule has 0 aliphatic rings. The van der Waals surface area contributed by atoms with Crippen LogP contribution in [0.4, 0.5) is 0 Å². The van der Waals surface area contributed by atoms with Crippen molar-refractivity contribution >= 4 is 57.7 Å². The third kappa shape index (κ3) is 7.25. The zero-order valence-electron chi connectivity index (χ0n) is 14.7. The number of esters is 2. The molecule has 0 unspecified atom stereocenters. The summed E-state index contributed by atoms with van der Waals surface area (Å²) >= 11 is 2.50. The van der Waals surface area contributed by atoms with Gasteiger partial charge in [-0.25, -0.2) is 19.6 Å². The van der Waals surface area contributed by atoms with Crippen molar-refractivity contribution in [3.05, 3.63) is 33.2 Å². The maximum Gasteiger partial charge on any atom is 0.374 e. The van der Waals surface area contributed by atoms with Crippen LogP contribution < -0.4 is 0 Å². The van der Waals surface area contributed by atoms with E-state index in [0.717, 1.165) is 14.2 Å². The quantitative estimate of drug-likeness (QED) is 0.258. The van der Waals surface area contributed by atoms with Crippen LogP contribution in [0.1, 0.15) is 33.8 Å². The van der Waals surface area contributed by atoms with E-state index in [-0.39, 0.29) is 11.4 Å². The van der Waals surface area contributed by atoms with Gasteiger partial charge in [0, 0.05) is 10.8 Å². The molecule has 0 saturated carbocycles. The Hall–Kier alpha value is -3.12. The summed E-state index contributed by atoms with van der Waals surface area (Å²) < 4.78 is 8.34. The summed E-state index contributed by atoms with van der Waals surface area (Å²) in [5, 5.41) is 3.04. The van der Waals surface area contributed by atoms with Crippen LogP contribution in [0.15, 0.2) is 21.8 Å². The van der Waals surface area contributed by atoms with Gasteiger partial charge >= 0.3 is 11.9 Å². The maximum absolute atomic E-state index is 11.3. The fourth-order valence-electron chi connectivity index (χ4n) is 1.55. The third-order valence-corrected chi connectivity index (χ3v) is 4.08. The first kappa shape index (κ1) is 22.9. The predicted molar refractivity (Wildman–Crippen MR) is 96.2 cm³/mol. The monoisotopic (exact) mass is 426 g/mol. The fraction of sp³-hybridized carbons (Fsp3) is 0.250. The number of aromatic nitrogens is 2. The van der Waals surface area contributed by atoms with Gasteiger partial charge in [-0.1, -0.05) is 0 Å². The van der Waals surface area contributed by atoms with E-state index in [2.05, 4.69) is 19.4 Å². The summed E-state index contributed by atoms with van der Waals surface area (Å²) in [5.74, 6) is -4.67. The van der Waals surface area contributed by atoms with E-state index in [1.807, 2.05) is 0 Å². The molecule has 28 heavy (non-hydrogen) atoms. The van der Waals surface area contributed by atoms with Crippen LogP contribution in [-0.4, -0.2) is 59.3 Å². The molecule has 12 heteroatoms. The summed E-state index contributed by atoms with van der Waals surface area (Å²) in [5.41, 5.74) is 3.37. The predicted octanol–water partition coefficient (Wildman–Crippen LogP) is 0.916. The number of nitrogens with zero attached hydrogens (tertiary/aromatic N) is 2. The van der Waals surface area contributed by atoms with E-state index in [9.17, 15) is 28.8 Å². The van der Waals surface area contributed by atoms with E-state index in [1.165, 1.54) is 44.5 Å². The maximum atomic E-state index is 11.3. The van der Waals surface area contributed by atoms with Crippen LogP contribution in [0.25, 0.3) is 0 Å². The lowest BCUT2D eigenvalue weighted by molar-refractivity contribution is -0.151. The van der Waals surface area contributed by atoms with Gasteiger partial charge in [0.1, 0.15) is 11.4 Å². The summed E-state index contributed by atoms with van der Waals surface area (Å²) in [4.78, 5) is 73.2. The average molecular weight is 426 g/mol. The second-order valence-electron chi connectivity index (χ2n) is 4.78. The molecule has 10 nitrogen and oxygen atoms in total. The van der Waals surface area contributed by atoms with Gasteiger partial charge in [0.15, 0.2) is 11.6 Å². The van der Waals surface area contributed by atoms with Crippen LogP contribution in [0.2, 0.25) is 0 Å². The largest absolute Gasteiger partial charge is 0.463 e. The van der Waals surface area contributed by atoms with Crippen molar-refractivity contribution in [3.63, 3.8) is 0 Å². The molecule has 0 N–H and O–H groups in total. The van der Waals surface area contributed by atoms with Gasteiger partial charge in [0.2, 0.25) is 11.6 Å². The van der Waals surface area contributed by atoms with Crippen LogP contribution in [0, 0.1) is 0 Å². The molecule has 0 bridgehead atoms. The summed E-state index contributed by atoms with van der Waals surface area (Å²) in [6.45, 7) is 0. The molecule has 0 atom stereocenters. The molecular formula is C16H14N2O8S2. The van der Waals surface area contributed by atoms with Crippen molar-refractivity contribution in [2.24, 2.45) is 0 Å². The lowest BCUT2D eigenvalue weighted by atomic mass is 10.2. The van der Waals surface area contributed by atoms with Crippen molar-refractivity contribution in [1.82, 2.24) is 9.97 Å². The molecule has 0 radical (unpaired) electrons. The number of methoxy groups -OCH3 is 2. The van der Waals surface area contributed by atoms with Crippen LogP contribution in [0.3, 0.4) is 0 Å². The average Bonchev–Trinajstić information content (AvgIpc) is 3.40. The highest BCUT2D eigenvalue weighted by Gasteiger charge is 2.21. The number of ketones is 4. The van der Waals surface area contributed by atoms with Crippen LogP contribution in [0.5, 0.6) is 0 Å². The van der Waals surface area contributed by atoms with Gasteiger partial charge in [0.25, 0.3) is 0 Å². The Kier molecular flexibility index (Phi) is 9.47. The van der Waals surface area contributed by atoms with Gasteiger partial charge in [-0.3, -0.25) is 19.2 Å². The van der Waals surface area contributed by atoms with E-state index in [0.29, 0.717) is 0 Å².